The molecule has 0 heterocycles. The third-order valence-electron chi connectivity index (χ3n) is 4.32. The number of carbonyl (C=O) groups excluding carboxylic acids is 3. The highest BCUT2D eigenvalue weighted by Crippen LogP contribution is 1.91. The van der Waals surface area contributed by atoms with Gasteiger partial charge in [0.1, 0.15) is 12.1 Å². The Labute approximate surface area is 209 Å². The third kappa shape index (κ3) is 18.2. The number of hydrogen-bond acceptors (Lipinski definition) is 9. The second-order valence-electron chi connectivity index (χ2n) is 7.39. The first-order valence-corrected chi connectivity index (χ1v) is 11.4. The van der Waals surface area contributed by atoms with E-state index in [-0.39, 0.29) is 26.2 Å². The van der Waals surface area contributed by atoms with Gasteiger partial charge in [-0.2, -0.15) is 4.91 Å². The summed E-state index contributed by atoms with van der Waals surface area (Å²) in [6.07, 6.45) is -0.0383. The van der Waals surface area contributed by atoms with Gasteiger partial charge in [-0.25, -0.2) is 5.43 Å². The maximum atomic E-state index is 12.2. The molecule has 0 fully saturated rings. The number of ether oxygens (including phenoxy) is 4. The lowest BCUT2D eigenvalue weighted by atomic mass is 10.2. The van der Waals surface area contributed by atoms with Crippen LogP contribution in [0.3, 0.4) is 0 Å². The van der Waals surface area contributed by atoms with Crippen LogP contribution >= 0.6 is 0 Å². The lowest BCUT2D eigenvalue weighted by molar-refractivity contribution is -0.138. The average molecular weight is 520 g/mol. The van der Waals surface area contributed by atoms with Gasteiger partial charge in [0.05, 0.1) is 59.3 Å². The highest BCUT2D eigenvalue weighted by Gasteiger charge is 2.23. The quantitative estimate of drug-likeness (QED) is 0.0380. The lowest BCUT2D eigenvalue weighted by Crippen LogP contribution is -2.54. The van der Waals surface area contributed by atoms with Crippen LogP contribution in [-0.4, -0.2) is 106 Å². The number of hydrogen-bond donors (Lipinski definition) is 5. The van der Waals surface area contributed by atoms with Crippen molar-refractivity contribution >= 4 is 23.7 Å². The van der Waals surface area contributed by atoms with Crippen LogP contribution in [0.2, 0.25) is 0 Å². The minimum atomic E-state index is -0.908. The Hall–Kier alpha value is -3.17. The number of aliphatic carboxylic acids is 1. The van der Waals surface area contributed by atoms with Crippen molar-refractivity contribution in [1.82, 2.24) is 21.4 Å². The van der Waals surface area contributed by atoms with E-state index in [1.165, 1.54) is 20.8 Å². The second kappa shape index (κ2) is 21.1. The van der Waals surface area contributed by atoms with Crippen molar-refractivity contribution in [2.75, 3.05) is 59.4 Å². The summed E-state index contributed by atoms with van der Waals surface area (Å²) in [4.78, 5) is 48.9. The minimum absolute atomic E-state index is 0.0383. The van der Waals surface area contributed by atoms with Crippen molar-refractivity contribution in [2.45, 2.75) is 45.3 Å². The largest absolute Gasteiger partial charge is 0.481 e. The van der Waals surface area contributed by atoms with Gasteiger partial charge in [0.2, 0.25) is 11.8 Å². The van der Waals surface area contributed by atoms with E-state index >= 15 is 0 Å². The van der Waals surface area contributed by atoms with Crippen LogP contribution in [0.1, 0.15) is 27.2 Å². The number of nitrogens with one attached hydrogen (secondary N) is 4. The van der Waals surface area contributed by atoms with Crippen LogP contribution in [0.25, 0.3) is 10.4 Å². The Bertz CT molecular complexity index is 720. The minimum Gasteiger partial charge on any atom is -0.481 e. The second-order valence-corrected chi connectivity index (χ2v) is 7.39. The van der Waals surface area contributed by atoms with Gasteiger partial charge < -0.3 is 40.0 Å². The van der Waals surface area contributed by atoms with Crippen molar-refractivity contribution in [3.8, 4) is 0 Å². The van der Waals surface area contributed by atoms with Gasteiger partial charge in [-0.1, -0.05) is 0 Å². The van der Waals surface area contributed by atoms with Crippen molar-refractivity contribution in [1.29, 1.82) is 0 Å². The standard InChI is InChI=1S/C20H37N7O9/c1-14(23-19(31)15(2)24-20(32)16(3)25-27-26-21)18(30)22-5-7-34-9-11-36-13-12-35-10-8-33-6-4-17(28)29/h14-16,25H,4-13H2,1-3H3,(H,22,30)(H,23,31)(H,24,32)(H,28,29)/t14-,15-,16-/m0/s1. The molecule has 0 spiro atoms. The van der Waals surface area contributed by atoms with E-state index in [1.54, 1.807) is 0 Å². The summed E-state index contributed by atoms with van der Waals surface area (Å²) in [5, 5.41) is 19.1. The van der Waals surface area contributed by atoms with Crippen molar-refractivity contribution in [3.63, 3.8) is 0 Å². The van der Waals surface area contributed by atoms with Crippen molar-refractivity contribution < 1.29 is 43.2 Å². The molecule has 16 heteroatoms. The molecule has 0 unspecified atom stereocenters. The number of carboxylic acid groups (broad SMARTS) is 1. The first-order valence-electron chi connectivity index (χ1n) is 11.4. The summed E-state index contributed by atoms with van der Waals surface area (Å²) >= 11 is 0. The van der Waals surface area contributed by atoms with E-state index in [4.69, 9.17) is 29.6 Å². The van der Waals surface area contributed by atoms with Gasteiger partial charge in [-0.05, 0) is 26.0 Å². The first-order chi connectivity index (χ1) is 17.2. The van der Waals surface area contributed by atoms with E-state index in [0.29, 0.717) is 39.6 Å². The van der Waals surface area contributed by atoms with E-state index in [0.717, 1.165) is 0 Å². The maximum absolute atomic E-state index is 12.2. The van der Waals surface area contributed by atoms with Gasteiger partial charge in [-0.15, -0.1) is 5.53 Å². The molecule has 16 nitrogen and oxygen atoms in total. The highest BCUT2D eigenvalue weighted by molar-refractivity contribution is 5.92. The van der Waals surface area contributed by atoms with E-state index < -0.39 is 41.8 Å². The fourth-order valence-electron chi connectivity index (χ4n) is 2.30. The maximum Gasteiger partial charge on any atom is 0.305 e. The number of carbonyl (C=O) groups is 4. The molecule has 206 valence electrons. The monoisotopic (exact) mass is 519 g/mol. The van der Waals surface area contributed by atoms with Gasteiger partial charge in [0.25, 0.3) is 5.91 Å². The molecule has 0 aliphatic rings. The van der Waals surface area contributed by atoms with Crippen LogP contribution in [0.4, 0.5) is 0 Å². The number of amides is 3. The van der Waals surface area contributed by atoms with Crippen LogP contribution in [0.5, 0.6) is 0 Å². The van der Waals surface area contributed by atoms with Gasteiger partial charge in [0.15, 0.2) is 6.04 Å². The molecule has 0 saturated carbocycles. The molecule has 0 bridgehead atoms. The molecule has 0 aliphatic carbocycles. The number of azide groups is 1. The first kappa shape index (κ1) is 32.8. The molecule has 0 aromatic rings. The van der Waals surface area contributed by atoms with Gasteiger partial charge in [-0.3, -0.25) is 19.2 Å². The molecular formula is C20H37N7O9. The number of rotatable bonds is 22. The fourth-order valence-corrected chi connectivity index (χ4v) is 2.30. The summed E-state index contributed by atoms with van der Waals surface area (Å²) in [5.41, 5.74) is 10.5. The Morgan fingerprint density at radius 2 is 1.19 bits per heavy atom. The molecule has 36 heavy (non-hydrogen) atoms. The van der Waals surface area contributed by atoms with E-state index in [1.807, 2.05) is 0 Å². The van der Waals surface area contributed by atoms with E-state index in [9.17, 15) is 19.2 Å². The molecule has 3 atom stereocenters. The number of nitrogens with zero attached hydrogens (tertiary/aromatic N) is 3. The van der Waals surface area contributed by atoms with Gasteiger partial charge >= 0.3 is 5.97 Å². The predicted octanol–water partition coefficient (Wildman–Crippen LogP) is -1.14. The molecular weight excluding hydrogens is 482 g/mol. The van der Waals surface area contributed by atoms with Crippen LogP contribution in [0, 0.1) is 0 Å². The zero-order valence-electron chi connectivity index (χ0n) is 20.9. The molecule has 3 amide bonds. The smallest absolute Gasteiger partial charge is 0.305 e. The van der Waals surface area contributed by atoms with Crippen LogP contribution in [-0.2, 0) is 38.1 Å². The Kier molecular flexibility index (Phi) is 19.3. The van der Waals surface area contributed by atoms with Crippen LogP contribution < -0.4 is 21.4 Å². The summed E-state index contributed by atoms with van der Waals surface area (Å²) in [5.74, 6) is -2.42. The zero-order valence-corrected chi connectivity index (χ0v) is 20.9. The summed E-state index contributed by atoms with van der Waals surface area (Å²) in [6.45, 7) is 7.14. The third-order valence-corrected chi connectivity index (χ3v) is 4.32. The van der Waals surface area contributed by atoms with Crippen molar-refractivity contribution in [3.05, 3.63) is 10.4 Å². The summed E-state index contributed by atoms with van der Waals surface area (Å²) in [6, 6.07) is -2.57. The topological polar surface area (TPSA) is 222 Å². The Balaban J connectivity index is 3.74. The summed E-state index contributed by atoms with van der Waals surface area (Å²) < 4.78 is 21.0. The summed E-state index contributed by atoms with van der Waals surface area (Å²) in [7, 11) is 0. The zero-order chi connectivity index (χ0) is 27.2. The lowest BCUT2D eigenvalue weighted by Gasteiger charge is -2.19. The SMILES string of the molecule is C[C@H](NN=[N+]=[N-])C(=O)N[C@@H](C)C(=O)N[C@@H](C)C(=O)NCCOCCOCCOCCOCCC(=O)O. The van der Waals surface area contributed by atoms with Gasteiger partial charge in [0, 0.05) is 6.54 Å². The van der Waals surface area contributed by atoms with Crippen molar-refractivity contribution in [2.24, 2.45) is 5.22 Å². The molecule has 0 aliphatic heterocycles. The molecule has 0 aromatic carbocycles. The average Bonchev–Trinajstić information content (AvgIpc) is 2.84. The van der Waals surface area contributed by atoms with E-state index in [2.05, 4.69) is 31.5 Å². The fraction of sp³-hybridized carbons (Fsp3) is 0.800. The molecule has 0 aromatic heterocycles. The predicted molar refractivity (Wildman–Crippen MR) is 125 cm³/mol. The molecule has 0 rings (SSSR count). The highest BCUT2D eigenvalue weighted by atomic mass is 16.6. The van der Waals surface area contributed by atoms with Crippen LogP contribution in [0.15, 0.2) is 5.22 Å². The molecule has 0 saturated heterocycles. The Morgan fingerprint density at radius 1 is 0.750 bits per heavy atom. The number of carboxylic acids is 1. The normalized spacial score (nSPS) is 13.0. The molecule has 5 N–H and O–H groups in total. The Morgan fingerprint density at radius 3 is 1.69 bits per heavy atom. The molecule has 0 radical (unpaired) electrons.